The van der Waals surface area contributed by atoms with Gasteiger partial charge < -0.3 is 0 Å². The summed E-state index contributed by atoms with van der Waals surface area (Å²) in [6, 6.07) is 10.9. The van der Waals surface area contributed by atoms with Crippen molar-refractivity contribution in [1.82, 2.24) is 5.32 Å². The van der Waals surface area contributed by atoms with Gasteiger partial charge in [0.2, 0.25) is 0 Å². The van der Waals surface area contributed by atoms with Gasteiger partial charge in [0.25, 0.3) is 0 Å². The first-order chi connectivity index (χ1) is 5.95. The number of rotatable bonds is 2. The van der Waals surface area contributed by atoms with E-state index in [1.165, 1.54) is 19.5 Å². The average Bonchev–Trinajstić information content (AvgIpc) is 2.59. The van der Waals surface area contributed by atoms with Crippen LogP contribution in [0.5, 0.6) is 0 Å². The minimum absolute atomic E-state index is 0.685. The zero-order chi connectivity index (χ0) is 8.23. The summed E-state index contributed by atoms with van der Waals surface area (Å²) in [7, 11) is 0. The van der Waals surface area contributed by atoms with E-state index in [-0.39, 0.29) is 0 Å². The quantitative estimate of drug-likeness (QED) is 0.735. The van der Waals surface area contributed by atoms with Crippen LogP contribution in [0.1, 0.15) is 6.42 Å². The van der Waals surface area contributed by atoms with Crippen molar-refractivity contribution in [3.8, 4) is 0 Å². The van der Waals surface area contributed by atoms with Crippen LogP contribution in [0.2, 0.25) is 4.82 Å². The van der Waals surface area contributed by atoms with Gasteiger partial charge in [-0.1, -0.05) is 0 Å². The molecule has 64 valence electrons. The Morgan fingerprint density at radius 2 is 2.08 bits per heavy atom. The van der Waals surface area contributed by atoms with E-state index in [1.807, 2.05) is 0 Å². The predicted octanol–water partition coefficient (Wildman–Crippen LogP) is 0.798. The molecule has 1 aromatic carbocycles. The van der Waals surface area contributed by atoms with E-state index >= 15 is 0 Å². The van der Waals surface area contributed by atoms with Crippen molar-refractivity contribution < 1.29 is 0 Å². The molecule has 0 bridgehead atoms. The Balaban J connectivity index is 1.94. The molecule has 1 fully saturated rings. The molecule has 2 rings (SSSR count). The van der Waals surface area contributed by atoms with Gasteiger partial charge >= 0.3 is 79.4 Å². The first-order valence-electron chi connectivity index (χ1n) is 4.37. The molecule has 0 radical (unpaired) electrons. The summed E-state index contributed by atoms with van der Waals surface area (Å²) in [5, 5.41) is 3.41. The Kier molecular flexibility index (Phi) is 2.83. The van der Waals surface area contributed by atoms with Crippen molar-refractivity contribution in [3.63, 3.8) is 0 Å². The van der Waals surface area contributed by atoms with E-state index in [1.54, 1.807) is 4.46 Å². The van der Waals surface area contributed by atoms with Crippen LogP contribution < -0.4 is 9.78 Å². The molecule has 2 heteroatoms. The van der Waals surface area contributed by atoms with Crippen molar-refractivity contribution in [2.45, 2.75) is 11.2 Å². The van der Waals surface area contributed by atoms with Crippen LogP contribution in [0.4, 0.5) is 0 Å². The van der Waals surface area contributed by atoms with Crippen molar-refractivity contribution in [1.29, 1.82) is 0 Å². The van der Waals surface area contributed by atoms with E-state index < -0.39 is 0 Å². The summed E-state index contributed by atoms with van der Waals surface area (Å²) in [4.78, 5) is 0.930. The molecule has 1 unspecified atom stereocenters. The van der Waals surface area contributed by atoms with Gasteiger partial charge in [-0.25, -0.2) is 0 Å². The molecular formula is C10H13NSe. The third-order valence-corrected chi connectivity index (χ3v) is 4.75. The predicted molar refractivity (Wildman–Crippen MR) is 53.1 cm³/mol. The zero-order valence-electron chi connectivity index (χ0n) is 6.99. The van der Waals surface area contributed by atoms with Crippen molar-refractivity contribution in [2.24, 2.45) is 0 Å². The molecule has 0 aromatic heterocycles. The van der Waals surface area contributed by atoms with Gasteiger partial charge in [-0.05, 0) is 0 Å². The molecule has 1 N–H and O–H groups in total. The number of hydrogen-bond acceptors (Lipinski definition) is 1. The Bertz CT molecular complexity index is 229. The number of benzene rings is 1. The Morgan fingerprint density at radius 1 is 1.25 bits per heavy atom. The fourth-order valence-corrected chi connectivity index (χ4v) is 3.80. The summed E-state index contributed by atoms with van der Waals surface area (Å²) in [5.41, 5.74) is 0. The van der Waals surface area contributed by atoms with Crippen molar-refractivity contribution in [3.05, 3.63) is 30.3 Å². The maximum atomic E-state index is 3.41. The number of nitrogens with one attached hydrogen (secondary N) is 1. The molecule has 0 amide bonds. The molecule has 12 heavy (non-hydrogen) atoms. The van der Waals surface area contributed by atoms with Crippen LogP contribution in [0.15, 0.2) is 30.3 Å². The minimum atomic E-state index is 0.685. The molecule has 1 aromatic rings. The monoisotopic (exact) mass is 227 g/mol. The molecule has 1 atom stereocenters. The molecule has 0 saturated carbocycles. The zero-order valence-corrected chi connectivity index (χ0v) is 8.71. The number of hydrogen-bond donors (Lipinski definition) is 1. The van der Waals surface area contributed by atoms with E-state index in [0.717, 1.165) is 4.82 Å². The average molecular weight is 226 g/mol. The van der Waals surface area contributed by atoms with Crippen LogP contribution in [-0.4, -0.2) is 28.0 Å². The topological polar surface area (TPSA) is 12.0 Å². The van der Waals surface area contributed by atoms with Crippen LogP contribution >= 0.6 is 0 Å². The van der Waals surface area contributed by atoms with Gasteiger partial charge in [-0.15, -0.1) is 0 Å². The summed E-state index contributed by atoms with van der Waals surface area (Å²) in [6.45, 7) is 2.45. The van der Waals surface area contributed by atoms with Crippen LogP contribution in [0, 0.1) is 0 Å². The summed E-state index contributed by atoms with van der Waals surface area (Å²) < 4.78 is 1.54. The fraction of sp³-hybridized carbons (Fsp3) is 0.400. The molecule has 1 nitrogen and oxygen atoms in total. The molecule has 0 spiro atoms. The second-order valence-corrected chi connectivity index (χ2v) is 5.93. The van der Waals surface area contributed by atoms with E-state index in [9.17, 15) is 0 Å². The fourth-order valence-electron chi connectivity index (χ4n) is 1.42. The molecular weight excluding hydrogens is 213 g/mol. The summed E-state index contributed by atoms with van der Waals surface area (Å²) >= 11 is 0.685. The standard InChI is InChI=1S/C10H13NSe/c1-2-4-9(5-3-1)12-10-6-7-11-8-10/h1-5,10-11H,6-8H2. The van der Waals surface area contributed by atoms with Gasteiger partial charge in [-0.3, -0.25) is 0 Å². The molecule has 0 aliphatic carbocycles. The van der Waals surface area contributed by atoms with Gasteiger partial charge in [-0.2, -0.15) is 0 Å². The molecule has 1 heterocycles. The van der Waals surface area contributed by atoms with Gasteiger partial charge in [0.15, 0.2) is 0 Å². The molecule has 1 aliphatic rings. The summed E-state index contributed by atoms with van der Waals surface area (Å²) in [5.74, 6) is 0. The first-order valence-corrected chi connectivity index (χ1v) is 6.22. The second kappa shape index (κ2) is 4.08. The Morgan fingerprint density at radius 3 is 2.75 bits per heavy atom. The van der Waals surface area contributed by atoms with E-state index in [2.05, 4.69) is 35.6 Å². The third-order valence-electron chi connectivity index (χ3n) is 2.06. The van der Waals surface area contributed by atoms with Gasteiger partial charge in [0.1, 0.15) is 0 Å². The maximum absolute atomic E-state index is 3.41. The SMILES string of the molecule is c1ccc([Se]C2CCNC2)cc1. The van der Waals surface area contributed by atoms with Crippen LogP contribution in [-0.2, 0) is 0 Å². The van der Waals surface area contributed by atoms with Gasteiger partial charge in [0, 0.05) is 0 Å². The van der Waals surface area contributed by atoms with Crippen molar-refractivity contribution >= 4 is 19.4 Å². The molecule has 1 aliphatic heterocycles. The summed E-state index contributed by atoms with van der Waals surface area (Å²) in [6.07, 6.45) is 1.37. The van der Waals surface area contributed by atoms with Crippen LogP contribution in [0.25, 0.3) is 0 Å². The van der Waals surface area contributed by atoms with Gasteiger partial charge in [0.05, 0.1) is 0 Å². The van der Waals surface area contributed by atoms with Crippen LogP contribution in [0.3, 0.4) is 0 Å². The Labute approximate surface area is 79.7 Å². The Hall–Kier alpha value is -0.301. The molecule has 1 saturated heterocycles. The third kappa shape index (κ3) is 2.10. The van der Waals surface area contributed by atoms with Crippen molar-refractivity contribution in [2.75, 3.05) is 13.1 Å². The van der Waals surface area contributed by atoms with E-state index in [4.69, 9.17) is 0 Å². The second-order valence-electron chi connectivity index (χ2n) is 3.05. The first kappa shape index (κ1) is 8.30. The van der Waals surface area contributed by atoms with E-state index in [0.29, 0.717) is 15.0 Å². The normalized spacial score (nSPS) is 22.8.